The molecule has 0 saturated heterocycles. The number of benzene rings is 1. The average Bonchev–Trinajstić information content (AvgIpc) is 3.34. The van der Waals surface area contributed by atoms with Gasteiger partial charge in [-0.05, 0) is 42.3 Å². The van der Waals surface area contributed by atoms with Crippen LogP contribution in [0.1, 0.15) is 55.0 Å². The Bertz CT molecular complexity index is 828. The molecule has 2 aliphatic rings. The van der Waals surface area contributed by atoms with Crippen LogP contribution in [0.25, 0.3) is 0 Å². The summed E-state index contributed by atoms with van der Waals surface area (Å²) in [4.78, 5) is 28.5. The summed E-state index contributed by atoms with van der Waals surface area (Å²) in [6.07, 6.45) is 7.65. The minimum atomic E-state index is -0.525. The first-order chi connectivity index (χ1) is 14.2. The third-order valence-corrected chi connectivity index (χ3v) is 7.00. The number of para-hydroxylation sites is 1. The van der Waals surface area contributed by atoms with E-state index in [1.165, 1.54) is 29.0 Å². The van der Waals surface area contributed by atoms with Crippen molar-refractivity contribution in [1.82, 2.24) is 10.6 Å². The number of hydrogen-bond donors (Lipinski definition) is 2. The Morgan fingerprint density at radius 2 is 1.83 bits per heavy atom. The van der Waals surface area contributed by atoms with Crippen LogP contribution >= 0.6 is 11.3 Å². The molecule has 1 aromatic heterocycles. The molecule has 1 aromatic carbocycles. The topological polar surface area (TPSA) is 61.4 Å². The lowest BCUT2D eigenvalue weighted by Gasteiger charge is -2.30. The molecule has 1 fully saturated rings. The second-order valence-electron chi connectivity index (χ2n) is 7.98. The highest BCUT2D eigenvalue weighted by atomic mass is 32.1. The second kappa shape index (κ2) is 9.44. The first kappa shape index (κ1) is 20.0. The third kappa shape index (κ3) is 4.81. The van der Waals surface area contributed by atoms with Gasteiger partial charge in [-0.3, -0.25) is 9.59 Å². The summed E-state index contributed by atoms with van der Waals surface area (Å²) in [6, 6.07) is 12.7. The summed E-state index contributed by atoms with van der Waals surface area (Å²) >= 11 is 1.69. The van der Waals surface area contributed by atoms with Crippen LogP contribution in [0.15, 0.2) is 41.8 Å². The summed E-state index contributed by atoms with van der Waals surface area (Å²) < 4.78 is 0. The van der Waals surface area contributed by atoms with Crippen LogP contribution in [0.4, 0.5) is 5.69 Å². The number of nitrogens with zero attached hydrogens (tertiary/aromatic N) is 1. The van der Waals surface area contributed by atoms with E-state index >= 15 is 0 Å². The molecule has 2 N–H and O–H groups in total. The molecule has 0 radical (unpaired) electrons. The van der Waals surface area contributed by atoms with E-state index in [1.54, 1.807) is 11.3 Å². The zero-order valence-corrected chi connectivity index (χ0v) is 17.5. The Morgan fingerprint density at radius 1 is 1.03 bits per heavy atom. The van der Waals surface area contributed by atoms with Crippen LogP contribution in [0.3, 0.4) is 0 Å². The van der Waals surface area contributed by atoms with Gasteiger partial charge in [0, 0.05) is 29.7 Å². The van der Waals surface area contributed by atoms with Gasteiger partial charge in [-0.15, -0.1) is 11.3 Å². The van der Waals surface area contributed by atoms with E-state index in [2.05, 4.69) is 51.2 Å². The van der Waals surface area contributed by atoms with E-state index in [1.807, 2.05) is 6.07 Å². The molecule has 5 nitrogen and oxygen atoms in total. The minimum absolute atomic E-state index is 0.0354. The Kier molecular flexibility index (Phi) is 6.49. The van der Waals surface area contributed by atoms with Crippen molar-refractivity contribution in [3.8, 4) is 0 Å². The van der Waals surface area contributed by atoms with Gasteiger partial charge in [0.25, 0.3) is 0 Å². The summed E-state index contributed by atoms with van der Waals surface area (Å²) in [7, 11) is 0. The predicted molar refractivity (Wildman–Crippen MR) is 117 cm³/mol. The standard InChI is InChI=1S/C23H29N3O2S/c27-22(23(28)25-18-9-3-1-2-4-10-18)24-16-20(21-12-7-15-29-21)26-14-13-17-8-5-6-11-19(17)26/h5-8,11-12,15,18,20H,1-4,9-10,13-14,16H2,(H,24,27)(H,25,28). The highest BCUT2D eigenvalue weighted by Gasteiger charge is 2.29. The summed E-state index contributed by atoms with van der Waals surface area (Å²) in [5.74, 6) is -1.02. The molecule has 1 saturated carbocycles. The Hall–Kier alpha value is -2.34. The van der Waals surface area contributed by atoms with E-state index < -0.39 is 11.8 Å². The molecule has 4 rings (SSSR count). The highest BCUT2D eigenvalue weighted by Crippen LogP contribution is 2.36. The zero-order chi connectivity index (χ0) is 20.1. The SMILES string of the molecule is O=C(NCC(c1cccs1)N1CCc2ccccc21)C(=O)NC1CCCCCC1. The lowest BCUT2D eigenvalue weighted by molar-refractivity contribution is -0.139. The van der Waals surface area contributed by atoms with Crippen molar-refractivity contribution in [2.45, 2.75) is 57.0 Å². The fourth-order valence-electron chi connectivity index (χ4n) is 4.48. The van der Waals surface area contributed by atoms with E-state index in [-0.39, 0.29) is 12.1 Å². The number of carbonyl (C=O) groups excluding carboxylic acids is 2. The van der Waals surface area contributed by atoms with Crippen molar-refractivity contribution in [3.05, 3.63) is 52.2 Å². The van der Waals surface area contributed by atoms with Crippen LogP contribution in [0, 0.1) is 0 Å². The summed E-state index contributed by atoms with van der Waals surface area (Å²) in [6.45, 7) is 1.35. The number of nitrogens with one attached hydrogen (secondary N) is 2. The van der Waals surface area contributed by atoms with Gasteiger partial charge in [-0.25, -0.2) is 0 Å². The van der Waals surface area contributed by atoms with Crippen LogP contribution in [-0.2, 0) is 16.0 Å². The average molecular weight is 412 g/mol. The highest BCUT2D eigenvalue weighted by molar-refractivity contribution is 7.10. The molecule has 2 aromatic rings. The normalized spacial score (nSPS) is 18.0. The molecule has 154 valence electrons. The van der Waals surface area contributed by atoms with Crippen molar-refractivity contribution in [1.29, 1.82) is 0 Å². The van der Waals surface area contributed by atoms with Gasteiger partial charge < -0.3 is 15.5 Å². The Labute approximate surface area is 176 Å². The van der Waals surface area contributed by atoms with Crippen molar-refractivity contribution < 1.29 is 9.59 Å². The molecular weight excluding hydrogens is 382 g/mol. The maximum Gasteiger partial charge on any atom is 0.309 e. The molecule has 29 heavy (non-hydrogen) atoms. The van der Waals surface area contributed by atoms with Crippen molar-refractivity contribution in [2.75, 3.05) is 18.0 Å². The molecule has 0 bridgehead atoms. The quantitative estimate of drug-likeness (QED) is 0.581. The van der Waals surface area contributed by atoms with Crippen molar-refractivity contribution >= 4 is 28.8 Å². The first-order valence-electron chi connectivity index (χ1n) is 10.7. The number of thiophene rings is 1. The van der Waals surface area contributed by atoms with Gasteiger partial charge in [0.2, 0.25) is 0 Å². The molecule has 1 unspecified atom stereocenters. The molecule has 0 spiro atoms. The van der Waals surface area contributed by atoms with Crippen LogP contribution in [0.2, 0.25) is 0 Å². The van der Waals surface area contributed by atoms with Gasteiger partial charge >= 0.3 is 11.8 Å². The van der Waals surface area contributed by atoms with Crippen LogP contribution < -0.4 is 15.5 Å². The molecule has 1 atom stereocenters. The van der Waals surface area contributed by atoms with Crippen molar-refractivity contribution in [2.24, 2.45) is 0 Å². The summed E-state index contributed by atoms with van der Waals surface area (Å²) in [5.41, 5.74) is 2.56. The first-order valence-corrected chi connectivity index (χ1v) is 11.6. The predicted octanol–water partition coefficient (Wildman–Crippen LogP) is 3.81. The van der Waals surface area contributed by atoms with E-state index in [0.29, 0.717) is 6.54 Å². The number of carbonyl (C=O) groups is 2. The fraction of sp³-hybridized carbons (Fsp3) is 0.478. The van der Waals surface area contributed by atoms with E-state index in [0.717, 1.165) is 38.6 Å². The minimum Gasteiger partial charge on any atom is -0.361 e. The molecule has 1 aliphatic heterocycles. The maximum absolute atomic E-state index is 12.5. The van der Waals surface area contributed by atoms with Crippen LogP contribution in [0.5, 0.6) is 0 Å². The van der Waals surface area contributed by atoms with Gasteiger partial charge in [-0.1, -0.05) is 49.9 Å². The van der Waals surface area contributed by atoms with Crippen LogP contribution in [-0.4, -0.2) is 30.9 Å². The molecule has 2 amide bonds. The Balaban J connectivity index is 1.40. The fourth-order valence-corrected chi connectivity index (χ4v) is 5.32. The number of amides is 2. The zero-order valence-electron chi connectivity index (χ0n) is 16.7. The van der Waals surface area contributed by atoms with E-state index in [4.69, 9.17) is 0 Å². The lowest BCUT2D eigenvalue weighted by atomic mass is 10.1. The van der Waals surface area contributed by atoms with Gasteiger partial charge in [0.1, 0.15) is 0 Å². The smallest absolute Gasteiger partial charge is 0.309 e. The Morgan fingerprint density at radius 3 is 2.59 bits per heavy atom. The second-order valence-corrected chi connectivity index (χ2v) is 8.95. The maximum atomic E-state index is 12.5. The third-order valence-electron chi connectivity index (χ3n) is 6.02. The molecule has 1 aliphatic carbocycles. The number of rotatable bonds is 5. The number of hydrogen-bond acceptors (Lipinski definition) is 4. The largest absolute Gasteiger partial charge is 0.361 e. The van der Waals surface area contributed by atoms with E-state index in [9.17, 15) is 9.59 Å². The van der Waals surface area contributed by atoms with Gasteiger partial charge in [-0.2, -0.15) is 0 Å². The lowest BCUT2D eigenvalue weighted by Crippen LogP contribution is -2.46. The van der Waals surface area contributed by atoms with Crippen molar-refractivity contribution in [3.63, 3.8) is 0 Å². The summed E-state index contributed by atoms with van der Waals surface area (Å²) in [5, 5.41) is 7.90. The molecule has 6 heteroatoms. The monoisotopic (exact) mass is 411 g/mol. The van der Waals surface area contributed by atoms with Gasteiger partial charge in [0.05, 0.1) is 6.04 Å². The molecule has 2 heterocycles. The number of anilines is 1. The molecular formula is C23H29N3O2S. The van der Waals surface area contributed by atoms with Gasteiger partial charge in [0.15, 0.2) is 0 Å². The number of fused-ring (bicyclic) bond motifs is 1.